The molecule has 0 bridgehead atoms. The number of amides is 1. The second-order valence-corrected chi connectivity index (χ2v) is 4.41. The van der Waals surface area contributed by atoms with Gasteiger partial charge in [-0.05, 0) is 12.5 Å². The Morgan fingerprint density at radius 1 is 1.33 bits per heavy atom. The van der Waals surface area contributed by atoms with Gasteiger partial charge in [-0.25, -0.2) is 4.79 Å². The first-order valence-electron chi connectivity index (χ1n) is 4.96. The van der Waals surface area contributed by atoms with Crippen molar-refractivity contribution in [3.05, 3.63) is 35.4 Å². The Bertz CT molecular complexity index is 341. The molecule has 1 aromatic rings. The molecule has 0 aromatic heterocycles. The summed E-state index contributed by atoms with van der Waals surface area (Å²) in [5.41, 5.74) is 2.18. The van der Waals surface area contributed by atoms with Crippen LogP contribution in [0.15, 0.2) is 24.3 Å². The summed E-state index contributed by atoms with van der Waals surface area (Å²) < 4.78 is 0. The van der Waals surface area contributed by atoms with Crippen LogP contribution < -0.4 is 5.32 Å². The third kappa shape index (κ3) is 3.27. The fraction of sp³-hybridized carbons (Fsp3) is 0.417. The van der Waals surface area contributed by atoms with Crippen molar-refractivity contribution in [3.8, 4) is 0 Å². The standard InChI is InChI=1S/C12H17NO2/c1-9-4-6-10(7-5-9)12(2,3)8-13-11(14)15/h4-7,13H,8H2,1-3H3,(H,14,15). The maximum absolute atomic E-state index is 10.4. The van der Waals surface area contributed by atoms with Crippen LogP contribution in [0.4, 0.5) is 4.79 Å². The Kier molecular flexibility index (Phi) is 3.35. The lowest BCUT2D eigenvalue weighted by molar-refractivity contribution is 0.192. The molecule has 0 saturated carbocycles. The molecule has 0 heterocycles. The topological polar surface area (TPSA) is 49.3 Å². The molecule has 0 unspecified atom stereocenters. The van der Waals surface area contributed by atoms with Crippen molar-refractivity contribution in [3.63, 3.8) is 0 Å². The Morgan fingerprint density at radius 3 is 2.33 bits per heavy atom. The van der Waals surface area contributed by atoms with Gasteiger partial charge in [0.05, 0.1) is 0 Å². The molecule has 1 rings (SSSR count). The lowest BCUT2D eigenvalue weighted by Crippen LogP contribution is -2.35. The smallest absolute Gasteiger partial charge is 0.404 e. The molecular formula is C12H17NO2. The molecular weight excluding hydrogens is 190 g/mol. The van der Waals surface area contributed by atoms with Crippen molar-refractivity contribution in [1.82, 2.24) is 5.32 Å². The fourth-order valence-corrected chi connectivity index (χ4v) is 1.40. The van der Waals surface area contributed by atoms with Crippen LogP contribution in [0.3, 0.4) is 0 Å². The summed E-state index contributed by atoms with van der Waals surface area (Å²) in [6.45, 7) is 6.50. The molecule has 15 heavy (non-hydrogen) atoms. The van der Waals surface area contributed by atoms with Gasteiger partial charge in [-0.15, -0.1) is 0 Å². The van der Waals surface area contributed by atoms with Crippen molar-refractivity contribution >= 4 is 6.09 Å². The van der Waals surface area contributed by atoms with E-state index in [0.717, 1.165) is 5.56 Å². The number of carboxylic acid groups (broad SMARTS) is 1. The summed E-state index contributed by atoms with van der Waals surface area (Å²) in [5, 5.41) is 11.0. The van der Waals surface area contributed by atoms with Crippen LogP contribution in [-0.4, -0.2) is 17.7 Å². The van der Waals surface area contributed by atoms with Crippen LogP contribution in [0, 0.1) is 6.92 Å². The molecule has 0 aliphatic rings. The first-order valence-corrected chi connectivity index (χ1v) is 4.96. The lowest BCUT2D eigenvalue weighted by Gasteiger charge is -2.25. The number of rotatable bonds is 3. The van der Waals surface area contributed by atoms with Crippen LogP contribution >= 0.6 is 0 Å². The van der Waals surface area contributed by atoms with Crippen molar-refractivity contribution in [1.29, 1.82) is 0 Å². The summed E-state index contributed by atoms with van der Waals surface area (Å²) >= 11 is 0. The summed E-state index contributed by atoms with van der Waals surface area (Å²) in [6.07, 6.45) is -0.977. The van der Waals surface area contributed by atoms with Gasteiger partial charge in [0.2, 0.25) is 0 Å². The SMILES string of the molecule is Cc1ccc(C(C)(C)CNC(=O)O)cc1. The van der Waals surface area contributed by atoms with E-state index in [-0.39, 0.29) is 5.41 Å². The molecule has 82 valence electrons. The molecule has 1 aromatic carbocycles. The zero-order chi connectivity index (χ0) is 11.5. The number of aryl methyl sites for hydroxylation is 1. The highest BCUT2D eigenvalue weighted by Gasteiger charge is 2.20. The van der Waals surface area contributed by atoms with Crippen LogP contribution in [0.1, 0.15) is 25.0 Å². The Labute approximate surface area is 90.1 Å². The fourth-order valence-electron chi connectivity index (χ4n) is 1.40. The summed E-state index contributed by atoms with van der Waals surface area (Å²) in [6, 6.07) is 8.16. The van der Waals surface area contributed by atoms with Gasteiger partial charge in [-0.2, -0.15) is 0 Å². The van der Waals surface area contributed by atoms with Crippen LogP contribution in [0.25, 0.3) is 0 Å². The van der Waals surface area contributed by atoms with Gasteiger partial charge in [0, 0.05) is 12.0 Å². The third-order valence-electron chi connectivity index (χ3n) is 2.51. The van der Waals surface area contributed by atoms with Crippen molar-refractivity contribution in [2.45, 2.75) is 26.2 Å². The predicted octanol–water partition coefficient (Wildman–Crippen LogP) is 2.54. The minimum absolute atomic E-state index is 0.175. The molecule has 0 aliphatic heterocycles. The Morgan fingerprint density at radius 2 is 1.87 bits per heavy atom. The maximum atomic E-state index is 10.4. The lowest BCUT2D eigenvalue weighted by atomic mass is 9.84. The van der Waals surface area contributed by atoms with E-state index in [1.165, 1.54) is 5.56 Å². The zero-order valence-corrected chi connectivity index (χ0v) is 9.37. The summed E-state index contributed by atoms with van der Waals surface area (Å²) in [5.74, 6) is 0. The molecule has 0 spiro atoms. The summed E-state index contributed by atoms with van der Waals surface area (Å²) in [4.78, 5) is 10.4. The van der Waals surface area contributed by atoms with E-state index >= 15 is 0 Å². The van der Waals surface area contributed by atoms with E-state index in [9.17, 15) is 4.79 Å². The monoisotopic (exact) mass is 207 g/mol. The predicted molar refractivity (Wildman–Crippen MR) is 60.2 cm³/mol. The molecule has 0 radical (unpaired) electrons. The largest absolute Gasteiger partial charge is 0.465 e. The zero-order valence-electron chi connectivity index (χ0n) is 9.37. The van der Waals surface area contributed by atoms with E-state index < -0.39 is 6.09 Å². The second kappa shape index (κ2) is 4.34. The highest BCUT2D eigenvalue weighted by Crippen LogP contribution is 2.22. The Balaban J connectivity index is 2.76. The first kappa shape index (κ1) is 11.6. The molecule has 1 amide bonds. The minimum Gasteiger partial charge on any atom is -0.465 e. The van der Waals surface area contributed by atoms with E-state index in [4.69, 9.17) is 5.11 Å². The maximum Gasteiger partial charge on any atom is 0.404 e. The molecule has 3 heteroatoms. The number of carbonyl (C=O) groups is 1. The quantitative estimate of drug-likeness (QED) is 0.800. The van der Waals surface area contributed by atoms with Gasteiger partial charge >= 0.3 is 6.09 Å². The van der Waals surface area contributed by atoms with Crippen molar-refractivity contribution in [2.75, 3.05) is 6.54 Å². The molecule has 2 N–H and O–H groups in total. The van der Waals surface area contributed by atoms with Gasteiger partial charge in [0.25, 0.3) is 0 Å². The van der Waals surface area contributed by atoms with Gasteiger partial charge in [-0.3, -0.25) is 0 Å². The molecule has 0 atom stereocenters. The number of hydrogen-bond acceptors (Lipinski definition) is 1. The van der Waals surface area contributed by atoms with Gasteiger partial charge < -0.3 is 10.4 Å². The van der Waals surface area contributed by atoms with Gasteiger partial charge in [0.15, 0.2) is 0 Å². The van der Waals surface area contributed by atoms with E-state index in [1.54, 1.807) is 0 Å². The van der Waals surface area contributed by atoms with E-state index in [1.807, 2.05) is 45.0 Å². The first-order chi connectivity index (χ1) is 6.92. The molecule has 0 saturated heterocycles. The minimum atomic E-state index is -0.977. The second-order valence-electron chi connectivity index (χ2n) is 4.41. The van der Waals surface area contributed by atoms with Crippen molar-refractivity contribution in [2.24, 2.45) is 0 Å². The average molecular weight is 207 g/mol. The highest BCUT2D eigenvalue weighted by atomic mass is 16.4. The highest BCUT2D eigenvalue weighted by molar-refractivity contribution is 5.64. The van der Waals surface area contributed by atoms with Crippen molar-refractivity contribution < 1.29 is 9.90 Å². The third-order valence-corrected chi connectivity index (χ3v) is 2.51. The van der Waals surface area contributed by atoms with E-state index in [2.05, 4.69) is 5.32 Å². The number of hydrogen-bond donors (Lipinski definition) is 2. The molecule has 0 aliphatic carbocycles. The Hall–Kier alpha value is -1.51. The van der Waals surface area contributed by atoms with E-state index in [0.29, 0.717) is 6.54 Å². The average Bonchev–Trinajstić information content (AvgIpc) is 2.16. The van der Waals surface area contributed by atoms with Gasteiger partial charge in [0.1, 0.15) is 0 Å². The number of nitrogens with one attached hydrogen (secondary N) is 1. The normalized spacial score (nSPS) is 11.1. The van der Waals surface area contributed by atoms with Crippen LogP contribution in [-0.2, 0) is 5.41 Å². The van der Waals surface area contributed by atoms with Crippen LogP contribution in [0.5, 0.6) is 0 Å². The van der Waals surface area contributed by atoms with Gasteiger partial charge in [-0.1, -0.05) is 43.7 Å². The van der Waals surface area contributed by atoms with Crippen LogP contribution in [0.2, 0.25) is 0 Å². The molecule has 3 nitrogen and oxygen atoms in total. The number of benzene rings is 1. The molecule has 0 fully saturated rings. The summed E-state index contributed by atoms with van der Waals surface area (Å²) in [7, 11) is 0.